The van der Waals surface area contributed by atoms with Gasteiger partial charge in [0.05, 0.1) is 18.2 Å². The number of hydrogen-bond acceptors (Lipinski definition) is 5. The van der Waals surface area contributed by atoms with E-state index in [4.69, 9.17) is 10.6 Å². The molecule has 0 radical (unpaired) electrons. The molecule has 4 amide bonds. The molecule has 0 aliphatic heterocycles. The second kappa shape index (κ2) is 15.8. The highest BCUT2D eigenvalue weighted by Gasteiger charge is 2.29. The van der Waals surface area contributed by atoms with Gasteiger partial charge in [0.2, 0.25) is 17.7 Å². The summed E-state index contributed by atoms with van der Waals surface area (Å²) >= 11 is 0. The van der Waals surface area contributed by atoms with Crippen LogP contribution in [0.3, 0.4) is 0 Å². The molecule has 0 aliphatic rings. The van der Waals surface area contributed by atoms with Gasteiger partial charge in [0.1, 0.15) is 6.04 Å². The van der Waals surface area contributed by atoms with Crippen molar-refractivity contribution in [1.29, 1.82) is 0 Å². The lowest BCUT2D eigenvalue weighted by molar-refractivity contribution is -0.139. The fourth-order valence-corrected chi connectivity index (χ4v) is 5.15. The summed E-state index contributed by atoms with van der Waals surface area (Å²) in [7, 11) is 0. The van der Waals surface area contributed by atoms with Gasteiger partial charge in [-0.25, -0.2) is 5.48 Å². The van der Waals surface area contributed by atoms with Crippen molar-refractivity contribution < 1.29 is 24.0 Å². The van der Waals surface area contributed by atoms with E-state index in [1.165, 1.54) is 0 Å². The summed E-state index contributed by atoms with van der Waals surface area (Å²) in [4.78, 5) is 57.5. The van der Waals surface area contributed by atoms with Crippen LogP contribution in [0.15, 0.2) is 66.7 Å². The number of nitrogens with two attached hydrogens (primary N) is 1. The first-order valence-electron chi connectivity index (χ1n) is 14.9. The van der Waals surface area contributed by atoms with Gasteiger partial charge >= 0.3 is 0 Å². The van der Waals surface area contributed by atoms with Crippen LogP contribution in [0.25, 0.3) is 10.8 Å². The molecule has 0 aromatic heterocycles. The summed E-state index contributed by atoms with van der Waals surface area (Å²) in [5.74, 6) is -2.33. The van der Waals surface area contributed by atoms with E-state index in [0.717, 1.165) is 10.9 Å². The molecule has 0 heterocycles. The monoisotopic (exact) mass is 588 g/mol. The molecule has 9 heteroatoms. The number of nitrogens with one attached hydrogen (secondary N) is 3. The predicted molar refractivity (Wildman–Crippen MR) is 167 cm³/mol. The van der Waals surface area contributed by atoms with Crippen molar-refractivity contribution in [2.24, 2.45) is 23.5 Å². The Morgan fingerprint density at radius 1 is 0.860 bits per heavy atom. The maximum absolute atomic E-state index is 13.7. The van der Waals surface area contributed by atoms with Crippen molar-refractivity contribution in [2.75, 3.05) is 0 Å². The van der Waals surface area contributed by atoms with Gasteiger partial charge in [-0.15, -0.1) is 0 Å². The van der Waals surface area contributed by atoms with Crippen molar-refractivity contribution in [3.05, 3.63) is 83.4 Å². The van der Waals surface area contributed by atoms with Crippen LogP contribution in [0.4, 0.5) is 0 Å². The van der Waals surface area contributed by atoms with E-state index in [1.807, 2.05) is 94.4 Å². The van der Waals surface area contributed by atoms with Gasteiger partial charge in [-0.05, 0) is 47.1 Å². The zero-order chi connectivity index (χ0) is 31.5. The minimum absolute atomic E-state index is 0.0498. The highest BCUT2D eigenvalue weighted by molar-refractivity contribution is 6.09. The number of rotatable bonds is 15. The average molecular weight is 589 g/mol. The summed E-state index contributed by atoms with van der Waals surface area (Å²) in [5, 5.41) is 7.41. The van der Waals surface area contributed by atoms with E-state index in [9.17, 15) is 19.2 Å². The molecule has 3 rings (SSSR count). The zero-order valence-corrected chi connectivity index (χ0v) is 25.7. The van der Waals surface area contributed by atoms with E-state index in [2.05, 4.69) is 16.1 Å². The number of hydrogen-bond donors (Lipinski definition) is 4. The van der Waals surface area contributed by atoms with Crippen LogP contribution in [0, 0.1) is 17.8 Å². The first-order valence-corrected chi connectivity index (χ1v) is 14.9. The smallest absolute Gasteiger partial charge is 0.252 e. The summed E-state index contributed by atoms with van der Waals surface area (Å²) < 4.78 is 0. The van der Waals surface area contributed by atoms with E-state index in [0.29, 0.717) is 29.4 Å². The molecular weight excluding hydrogens is 544 g/mol. The molecule has 5 N–H and O–H groups in total. The van der Waals surface area contributed by atoms with Crippen molar-refractivity contribution in [3.63, 3.8) is 0 Å². The summed E-state index contributed by atoms with van der Waals surface area (Å²) in [6.07, 6.45) is 1.10. The minimum Gasteiger partial charge on any atom is -0.368 e. The Balaban J connectivity index is 1.80. The Bertz CT molecular complexity index is 1410. The van der Waals surface area contributed by atoms with E-state index >= 15 is 0 Å². The number of amides is 4. The Labute approximate surface area is 253 Å². The second-order valence-corrected chi connectivity index (χ2v) is 11.6. The summed E-state index contributed by atoms with van der Waals surface area (Å²) in [6.45, 7) is 9.79. The summed E-state index contributed by atoms with van der Waals surface area (Å²) in [6, 6.07) is 19.2. The first kappa shape index (κ1) is 33.3. The third-order valence-corrected chi connectivity index (χ3v) is 7.65. The van der Waals surface area contributed by atoms with Gasteiger partial charge in [0.15, 0.2) is 0 Å². The Kier molecular flexibility index (Phi) is 12.3. The highest BCUT2D eigenvalue weighted by atomic mass is 16.6. The standard InChI is InChI=1S/C34H44N4O5/c1-6-22(4)31(32(35)40)37-34(42)30-27(17-16-25-14-10-11-15-28(25)30)23(5)36-33(41)26(18-21(2)3)19-29(39)38-43-20-24-12-8-7-9-13-24/h7-17,21-23,26,31H,6,18-20H2,1-5H3,(H2,35,40)(H,36,41)(H,37,42)(H,38,39)/t22?,23-,26?,31-/m0/s1. The third kappa shape index (κ3) is 9.38. The van der Waals surface area contributed by atoms with Crippen molar-refractivity contribution in [3.8, 4) is 0 Å². The summed E-state index contributed by atoms with van der Waals surface area (Å²) in [5.41, 5.74) is 9.96. The van der Waals surface area contributed by atoms with E-state index < -0.39 is 35.7 Å². The maximum Gasteiger partial charge on any atom is 0.252 e. The van der Waals surface area contributed by atoms with E-state index in [-0.39, 0.29) is 30.8 Å². The topological polar surface area (TPSA) is 140 Å². The van der Waals surface area contributed by atoms with Gasteiger partial charge in [-0.2, -0.15) is 0 Å². The van der Waals surface area contributed by atoms with Crippen LogP contribution < -0.4 is 21.8 Å². The van der Waals surface area contributed by atoms with Crippen LogP contribution in [0.2, 0.25) is 0 Å². The Hall–Kier alpha value is -4.24. The third-order valence-electron chi connectivity index (χ3n) is 7.65. The molecule has 0 saturated carbocycles. The highest BCUT2D eigenvalue weighted by Crippen LogP contribution is 2.28. The molecule has 230 valence electrons. The Morgan fingerprint density at radius 3 is 2.19 bits per heavy atom. The molecule has 2 unspecified atom stereocenters. The van der Waals surface area contributed by atoms with Crippen molar-refractivity contribution in [1.82, 2.24) is 16.1 Å². The minimum atomic E-state index is -0.841. The molecule has 3 aromatic carbocycles. The van der Waals surface area contributed by atoms with Crippen LogP contribution in [-0.4, -0.2) is 29.7 Å². The van der Waals surface area contributed by atoms with Crippen LogP contribution in [-0.2, 0) is 25.8 Å². The SMILES string of the molecule is CCC(C)[C@H](NC(=O)c1c([C@H](C)NC(=O)C(CC(=O)NOCc2ccccc2)CC(C)C)ccc2ccccc12)C(N)=O. The zero-order valence-electron chi connectivity index (χ0n) is 25.7. The molecule has 0 spiro atoms. The second-order valence-electron chi connectivity index (χ2n) is 11.6. The molecule has 0 bridgehead atoms. The number of primary amides is 1. The van der Waals surface area contributed by atoms with Crippen LogP contribution >= 0.6 is 0 Å². The van der Waals surface area contributed by atoms with E-state index in [1.54, 1.807) is 6.92 Å². The number of benzene rings is 3. The van der Waals surface area contributed by atoms with Gasteiger partial charge in [0, 0.05) is 12.3 Å². The van der Waals surface area contributed by atoms with Gasteiger partial charge in [0.25, 0.3) is 5.91 Å². The average Bonchev–Trinajstić information content (AvgIpc) is 2.98. The fourth-order valence-electron chi connectivity index (χ4n) is 5.15. The Morgan fingerprint density at radius 2 is 1.53 bits per heavy atom. The maximum atomic E-state index is 13.7. The predicted octanol–water partition coefficient (Wildman–Crippen LogP) is 4.95. The first-order chi connectivity index (χ1) is 20.5. The number of fused-ring (bicyclic) bond motifs is 1. The fraction of sp³-hybridized carbons (Fsp3) is 0.412. The van der Waals surface area contributed by atoms with Crippen LogP contribution in [0.1, 0.15) is 81.4 Å². The normalized spacial score (nSPS) is 14.0. The van der Waals surface area contributed by atoms with Gasteiger partial charge in [-0.3, -0.25) is 24.0 Å². The molecule has 43 heavy (non-hydrogen) atoms. The largest absolute Gasteiger partial charge is 0.368 e. The lowest BCUT2D eigenvalue weighted by atomic mass is 9.91. The number of hydroxylamine groups is 1. The van der Waals surface area contributed by atoms with Gasteiger partial charge < -0.3 is 16.4 Å². The molecule has 9 nitrogen and oxygen atoms in total. The molecule has 0 saturated heterocycles. The number of carbonyl (C=O) groups excluding carboxylic acids is 4. The molecular formula is C34H44N4O5. The number of carbonyl (C=O) groups is 4. The van der Waals surface area contributed by atoms with Gasteiger partial charge in [-0.1, -0.05) is 101 Å². The molecule has 4 atom stereocenters. The lowest BCUT2D eigenvalue weighted by Crippen LogP contribution is -2.48. The van der Waals surface area contributed by atoms with Crippen molar-refractivity contribution >= 4 is 34.4 Å². The quantitative estimate of drug-likeness (QED) is 0.186. The van der Waals surface area contributed by atoms with Crippen molar-refractivity contribution in [2.45, 2.75) is 72.6 Å². The van der Waals surface area contributed by atoms with Crippen LogP contribution in [0.5, 0.6) is 0 Å². The molecule has 0 aliphatic carbocycles. The lowest BCUT2D eigenvalue weighted by Gasteiger charge is -2.25. The molecule has 0 fully saturated rings. The molecule has 3 aromatic rings.